The van der Waals surface area contributed by atoms with E-state index in [1.807, 2.05) is 31.2 Å². The summed E-state index contributed by atoms with van der Waals surface area (Å²) >= 11 is 6.40. The van der Waals surface area contributed by atoms with Crippen LogP contribution < -0.4 is 0 Å². The molecule has 1 aliphatic heterocycles. The number of aliphatic hydroxyl groups excluding tert-OH is 5. The van der Waals surface area contributed by atoms with Crippen molar-refractivity contribution in [2.75, 3.05) is 20.3 Å². The van der Waals surface area contributed by atoms with Crippen molar-refractivity contribution in [2.45, 2.75) is 43.4 Å². The molecule has 0 spiro atoms. The van der Waals surface area contributed by atoms with Crippen LogP contribution in [0.15, 0.2) is 47.6 Å². The molecule has 9 heteroatoms. The van der Waals surface area contributed by atoms with Crippen LogP contribution in [0, 0.1) is 0 Å². The van der Waals surface area contributed by atoms with Gasteiger partial charge in [0.1, 0.15) is 37.1 Å². The number of rotatable bonds is 7. The van der Waals surface area contributed by atoms with E-state index in [1.54, 1.807) is 18.2 Å². The molecule has 174 valence electrons. The van der Waals surface area contributed by atoms with Crippen molar-refractivity contribution < 1.29 is 35.1 Å². The molecule has 3 rings (SSSR count). The molecule has 32 heavy (non-hydrogen) atoms. The maximum absolute atomic E-state index is 10.5. The Balaban J connectivity index is 1.87. The normalized spacial score (nSPS) is 25.6. The van der Waals surface area contributed by atoms with Crippen LogP contribution in [0.5, 0.6) is 0 Å². The van der Waals surface area contributed by atoms with Gasteiger partial charge in [0.05, 0.1) is 18.9 Å². The van der Waals surface area contributed by atoms with Crippen LogP contribution in [0.4, 0.5) is 0 Å². The Morgan fingerprint density at radius 2 is 1.72 bits per heavy atom. The molecule has 1 fully saturated rings. The molecule has 8 nitrogen and oxygen atoms in total. The molecule has 0 aliphatic carbocycles. The molecular weight excluding hydrogens is 438 g/mol. The van der Waals surface area contributed by atoms with Gasteiger partial charge in [-0.15, -0.1) is 0 Å². The van der Waals surface area contributed by atoms with E-state index in [2.05, 4.69) is 5.16 Å². The van der Waals surface area contributed by atoms with Crippen molar-refractivity contribution in [1.29, 1.82) is 0 Å². The third-order valence-corrected chi connectivity index (χ3v) is 6.18. The van der Waals surface area contributed by atoms with Gasteiger partial charge in [-0.3, -0.25) is 0 Å². The second-order valence-electron chi connectivity index (χ2n) is 7.93. The van der Waals surface area contributed by atoms with Crippen LogP contribution in [-0.4, -0.2) is 75.5 Å². The van der Waals surface area contributed by atoms with Crippen molar-refractivity contribution in [1.82, 2.24) is 0 Å². The molecule has 1 aliphatic rings. The van der Waals surface area contributed by atoms with E-state index in [0.717, 1.165) is 22.4 Å². The Kier molecular flexibility index (Phi) is 7.89. The molecule has 0 amide bonds. The van der Waals surface area contributed by atoms with E-state index in [9.17, 15) is 25.5 Å². The predicted molar refractivity (Wildman–Crippen MR) is 119 cm³/mol. The Morgan fingerprint density at radius 1 is 1.06 bits per heavy atom. The fraction of sp³-hybridized carbons (Fsp3) is 0.435. The quantitative estimate of drug-likeness (QED) is 0.306. The van der Waals surface area contributed by atoms with Gasteiger partial charge in [0.2, 0.25) is 0 Å². The number of ether oxygens (including phenoxy) is 1. The zero-order valence-corrected chi connectivity index (χ0v) is 18.6. The minimum atomic E-state index is -1.80. The third kappa shape index (κ3) is 4.82. The molecule has 2 aromatic carbocycles. The highest BCUT2D eigenvalue weighted by molar-refractivity contribution is 6.31. The highest BCUT2D eigenvalue weighted by Gasteiger charge is 2.53. The summed E-state index contributed by atoms with van der Waals surface area (Å²) in [5.74, 6) is 0. The number of aliphatic hydroxyl groups is 5. The summed E-state index contributed by atoms with van der Waals surface area (Å²) in [6, 6.07) is 12.8. The lowest BCUT2D eigenvalue weighted by Gasteiger charge is -2.47. The van der Waals surface area contributed by atoms with E-state index in [0.29, 0.717) is 17.0 Å². The first-order valence-electron chi connectivity index (χ1n) is 10.2. The Morgan fingerprint density at radius 3 is 2.31 bits per heavy atom. The van der Waals surface area contributed by atoms with Gasteiger partial charge >= 0.3 is 0 Å². The average Bonchev–Trinajstić information content (AvgIpc) is 2.80. The largest absolute Gasteiger partial charge is 0.399 e. The van der Waals surface area contributed by atoms with Gasteiger partial charge in [0.25, 0.3) is 0 Å². The van der Waals surface area contributed by atoms with Crippen LogP contribution in [0.2, 0.25) is 5.02 Å². The fourth-order valence-corrected chi connectivity index (χ4v) is 4.01. The van der Waals surface area contributed by atoms with Crippen molar-refractivity contribution in [3.63, 3.8) is 0 Å². The first-order valence-corrected chi connectivity index (χ1v) is 10.5. The molecule has 0 saturated carbocycles. The van der Waals surface area contributed by atoms with Gasteiger partial charge in [-0.25, -0.2) is 0 Å². The number of benzene rings is 2. The van der Waals surface area contributed by atoms with Crippen molar-refractivity contribution in [3.05, 3.63) is 69.7 Å². The fourth-order valence-electron chi connectivity index (χ4n) is 3.83. The topological polar surface area (TPSA) is 132 Å². The van der Waals surface area contributed by atoms with Gasteiger partial charge in [0, 0.05) is 5.02 Å². The van der Waals surface area contributed by atoms with E-state index in [-0.39, 0.29) is 0 Å². The SMILES string of the molecule is CON=C(C)c1ccc(Cc2cc([C@@H]3OC(CO)(CO)[C@@H](O)[C@H](O)[C@H]3O)ccc2Cl)cc1. The van der Waals surface area contributed by atoms with Crippen molar-refractivity contribution in [2.24, 2.45) is 5.16 Å². The molecule has 0 unspecified atom stereocenters. The molecule has 1 heterocycles. The van der Waals surface area contributed by atoms with E-state index in [1.165, 1.54) is 7.11 Å². The predicted octanol–water partition coefficient (Wildman–Crippen LogP) is 1.18. The number of nitrogens with zero attached hydrogens (tertiary/aromatic N) is 1. The van der Waals surface area contributed by atoms with Gasteiger partial charge in [-0.05, 0) is 41.7 Å². The van der Waals surface area contributed by atoms with Crippen LogP contribution >= 0.6 is 11.6 Å². The first kappa shape index (κ1) is 24.6. The summed E-state index contributed by atoms with van der Waals surface area (Å²) in [5, 5.41) is 54.8. The summed E-state index contributed by atoms with van der Waals surface area (Å²) in [6.07, 6.45) is -5.32. The average molecular weight is 466 g/mol. The Bertz CT molecular complexity index is 946. The second kappa shape index (κ2) is 10.3. The minimum Gasteiger partial charge on any atom is -0.399 e. The van der Waals surface area contributed by atoms with Crippen LogP contribution in [-0.2, 0) is 16.0 Å². The summed E-state index contributed by atoms with van der Waals surface area (Å²) in [7, 11) is 1.49. The number of hydrogen-bond donors (Lipinski definition) is 5. The smallest absolute Gasteiger partial charge is 0.143 e. The molecule has 0 bridgehead atoms. The first-order chi connectivity index (χ1) is 15.3. The van der Waals surface area contributed by atoms with E-state index in [4.69, 9.17) is 21.2 Å². The van der Waals surface area contributed by atoms with Crippen LogP contribution in [0.1, 0.15) is 35.3 Å². The van der Waals surface area contributed by atoms with Gasteiger partial charge in [-0.1, -0.05) is 53.2 Å². The molecule has 1 saturated heterocycles. The lowest BCUT2D eigenvalue weighted by Crippen LogP contribution is -2.65. The Labute approximate surface area is 191 Å². The van der Waals surface area contributed by atoms with Gasteiger partial charge in [-0.2, -0.15) is 0 Å². The number of oxime groups is 1. The zero-order valence-electron chi connectivity index (χ0n) is 17.8. The third-order valence-electron chi connectivity index (χ3n) is 5.81. The summed E-state index contributed by atoms with van der Waals surface area (Å²) < 4.78 is 5.74. The van der Waals surface area contributed by atoms with E-state index < -0.39 is 43.2 Å². The minimum absolute atomic E-state index is 0.493. The van der Waals surface area contributed by atoms with Crippen LogP contribution in [0.25, 0.3) is 0 Å². The number of halogens is 1. The molecule has 2 aromatic rings. The monoisotopic (exact) mass is 465 g/mol. The second-order valence-corrected chi connectivity index (χ2v) is 8.34. The van der Waals surface area contributed by atoms with Crippen molar-refractivity contribution >= 4 is 17.3 Å². The molecule has 0 radical (unpaired) electrons. The lowest BCUT2D eigenvalue weighted by atomic mass is 9.83. The molecule has 4 atom stereocenters. The number of hydrogen-bond acceptors (Lipinski definition) is 8. The van der Waals surface area contributed by atoms with Gasteiger partial charge in [0.15, 0.2) is 0 Å². The van der Waals surface area contributed by atoms with Crippen LogP contribution in [0.3, 0.4) is 0 Å². The summed E-state index contributed by atoms with van der Waals surface area (Å²) in [4.78, 5) is 4.80. The summed E-state index contributed by atoms with van der Waals surface area (Å²) in [5.41, 5.74) is 2.10. The Hall–Kier alpha value is -2.04. The van der Waals surface area contributed by atoms with Gasteiger partial charge < -0.3 is 35.1 Å². The molecular formula is C23H28ClNO7. The lowest BCUT2D eigenvalue weighted by molar-refractivity contribution is -0.289. The standard InChI is InChI=1S/C23H28ClNO7/c1-13(25-31-2)15-5-3-14(4-6-15)9-17-10-16(7-8-18(17)24)21-19(28)20(29)22(30)23(11-26,12-27)32-21/h3-8,10,19-22,26-30H,9,11-12H2,1-2H3/t19-,20-,21+,22+/m1/s1. The maximum Gasteiger partial charge on any atom is 0.143 e. The zero-order chi connectivity index (χ0) is 23.5. The summed E-state index contributed by atoms with van der Waals surface area (Å²) in [6.45, 7) is 0.381. The highest BCUT2D eigenvalue weighted by Crippen LogP contribution is 2.39. The molecule has 5 N–H and O–H groups in total. The highest BCUT2D eigenvalue weighted by atomic mass is 35.5. The molecule has 0 aromatic heterocycles. The van der Waals surface area contributed by atoms with Crippen molar-refractivity contribution in [3.8, 4) is 0 Å². The van der Waals surface area contributed by atoms with E-state index >= 15 is 0 Å². The maximum atomic E-state index is 10.5.